The van der Waals surface area contributed by atoms with Crippen LogP contribution in [0.5, 0.6) is 0 Å². The molecule has 1 saturated heterocycles. The molecule has 0 saturated carbocycles. The van der Waals surface area contributed by atoms with Gasteiger partial charge >= 0.3 is 5.97 Å². The summed E-state index contributed by atoms with van der Waals surface area (Å²) in [5.41, 5.74) is 0.286. The molecule has 0 aliphatic carbocycles. The molecule has 8 heteroatoms. The number of carboxylic acids is 1. The highest BCUT2D eigenvalue weighted by Gasteiger charge is 2.59. The van der Waals surface area contributed by atoms with Crippen molar-refractivity contribution in [3.8, 4) is 0 Å². The molecule has 3 atom stereocenters. The topological polar surface area (TPSA) is 110 Å². The largest absolute Gasteiger partial charge is 0.614 e. The van der Waals surface area contributed by atoms with Crippen molar-refractivity contribution in [2.75, 3.05) is 5.75 Å². The van der Waals surface area contributed by atoms with Gasteiger partial charge in [0.2, 0.25) is 11.8 Å². The minimum Gasteiger partial charge on any atom is -0.614 e. The Bertz CT molecular complexity index is 435. The number of rotatable bonds is 3. The van der Waals surface area contributed by atoms with Crippen LogP contribution in [0.25, 0.3) is 0 Å². The molecule has 2 amide bonds. The summed E-state index contributed by atoms with van der Waals surface area (Å²) in [6, 6.07) is -0.879. The van der Waals surface area contributed by atoms with Crippen molar-refractivity contribution >= 4 is 29.5 Å². The fourth-order valence-electron chi connectivity index (χ4n) is 2.06. The summed E-state index contributed by atoms with van der Waals surface area (Å²) in [5.74, 6) is -1.65. The molecule has 2 N–H and O–H groups in total. The smallest absolute Gasteiger partial charge is 0.352 e. The predicted molar refractivity (Wildman–Crippen MR) is 57.0 cm³/mol. The standard InChI is InChI=1S/C9H10N2O5S/c1-4-2-17(16)8-5(10-3-12)7(13)11(8)6(4)9(14)15/h3,5,8H,2H2,1H3,(H,10,12)(H,14,15)/t5-,8-,17?/m1/s1. The van der Waals surface area contributed by atoms with E-state index < -0.39 is 34.5 Å². The first-order valence-electron chi connectivity index (χ1n) is 4.82. The lowest BCUT2D eigenvalue weighted by Gasteiger charge is -2.48. The average molecular weight is 258 g/mol. The van der Waals surface area contributed by atoms with E-state index in [2.05, 4.69) is 5.32 Å². The molecule has 0 spiro atoms. The lowest BCUT2D eigenvalue weighted by Crippen LogP contribution is -2.73. The first-order valence-corrected chi connectivity index (χ1v) is 6.20. The minimum absolute atomic E-state index is 0.104. The first-order chi connectivity index (χ1) is 7.99. The molecule has 17 heavy (non-hydrogen) atoms. The molecule has 92 valence electrons. The second-order valence-electron chi connectivity index (χ2n) is 3.82. The Morgan fingerprint density at radius 1 is 1.71 bits per heavy atom. The Balaban J connectivity index is 2.35. The van der Waals surface area contributed by atoms with E-state index in [0.717, 1.165) is 4.90 Å². The number of nitrogens with zero attached hydrogens (tertiary/aromatic N) is 1. The molecule has 1 fully saturated rings. The van der Waals surface area contributed by atoms with Crippen molar-refractivity contribution in [3.63, 3.8) is 0 Å². The van der Waals surface area contributed by atoms with Gasteiger partial charge in [-0.1, -0.05) is 0 Å². The van der Waals surface area contributed by atoms with Crippen molar-refractivity contribution in [2.24, 2.45) is 0 Å². The van der Waals surface area contributed by atoms with Gasteiger partial charge in [-0.25, -0.2) is 4.79 Å². The summed E-state index contributed by atoms with van der Waals surface area (Å²) >= 11 is -1.39. The zero-order valence-corrected chi connectivity index (χ0v) is 9.69. The number of carbonyl (C=O) groups excluding carboxylic acids is 2. The normalized spacial score (nSPS) is 31.8. The van der Waals surface area contributed by atoms with E-state index in [1.54, 1.807) is 0 Å². The number of hydrogen-bond acceptors (Lipinski definition) is 4. The van der Waals surface area contributed by atoms with E-state index in [-0.39, 0.29) is 11.4 Å². The first kappa shape index (κ1) is 11.9. The van der Waals surface area contributed by atoms with Gasteiger partial charge in [0.1, 0.15) is 11.4 Å². The van der Waals surface area contributed by atoms with Gasteiger partial charge in [0.25, 0.3) is 5.91 Å². The predicted octanol–water partition coefficient (Wildman–Crippen LogP) is -1.61. The van der Waals surface area contributed by atoms with Crippen molar-refractivity contribution in [2.45, 2.75) is 18.3 Å². The zero-order chi connectivity index (χ0) is 12.7. The van der Waals surface area contributed by atoms with E-state index in [0.29, 0.717) is 12.0 Å². The van der Waals surface area contributed by atoms with Crippen LogP contribution in [0, 0.1) is 0 Å². The van der Waals surface area contributed by atoms with E-state index >= 15 is 0 Å². The molecule has 2 rings (SSSR count). The Labute approximate surface area is 99.6 Å². The molecule has 2 aliphatic heterocycles. The fourth-order valence-corrected chi connectivity index (χ4v) is 3.73. The van der Waals surface area contributed by atoms with Crippen LogP contribution in [0.4, 0.5) is 0 Å². The minimum atomic E-state index is -1.39. The molecule has 0 bridgehead atoms. The van der Waals surface area contributed by atoms with Gasteiger partial charge in [0, 0.05) is 5.57 Å². The highest BCUT2D eigenvalue weighted by atomic mass is 32.2. The van der Waals surface area contributed by atoms with Crippen molar-refractivity contribution in [1.82, 2.24) is 10.2 Å². The third kappa shape index (κ3) is 1.60. The number of carboxylic acid groups (broad SMARTS) is 1. The Morgan fingerprint density at radius 3 is 2.88 bits per heavy atom. The van der Waals surface area contributed by atoms with Gasteiger partial charge in [-0.3, -0.25) is 14.5 Å². The molecule has 2 heterocycles. The third-order valence-corrected chi connectivity index (χ3v) is 4.51. The van der Waals surface area contributed by atoms with Crippen LogP contribution < -0.4 is 5.32 Å². The van der Waals surface area contributed by atoms with Crippen LogP contribution in [-0.2, 0) is 25.6 Å². The summed E-state index contributed by atoms with van der Waals surface area (Å²) in [5, 5.41) is 10.5. The number of β-lactam (4-membered cyclic amide) rings is 1. The highest BCUT2D eigenvalue weighted by molar-refractivity contribution is 7.92. The molecular weight excluding hydrogens is 248 g/mol. The van der Waals surface area contributed by atoms with Gasteiger partial charge in [-0.15, -0.1) is 0 Å². The number of aliphatic carboxylic acids is 1. The summed E-state index contributed by atoms with van der Waals surface area (Å²) in [6.07, 6.45) is 0.350. The van der Waals surface area contributed by atoms with Gasteiger partial charge in [0.05, 0.1) is 0 Å². The van der Waals surface area contributed by atoms with Crippen LogP contribution >= 0.6 is 0 Å². The number of fused-ring (bicyclic) bond motifs is 1. The van der Waals surface area contributed by atoms with Gasteiger partial charge < -0.3 is 15.0 Å². The SMILES string of the molecule is CC1=C(C(=O)O)N2C(=O)[C@@H](NC=O)[C@H]2[S+]([O-])C1. The second-order valence-corrected chi connectivity index (χ2v) is 5.35. The summed E-state index contributed by atoms with van der Waals surface area (Å²) in [4.78, 5) is 34.0. The van der Waals surface area contributed by atoms with E-state index in [9.17, 15) is 18.9 Å². The lowest BCUT2D eigenvalue weighted by atomic mass is 10.0. The summed E-state index contributed by atoms with van der Waals surface area (Å²) in [6.45, 7) is 1.53. The van der Waals surface area contributed by atoms with Crippen LogP contribution in [0.3, 0.4) is 0 Å². The van der Waals surface area contributed by atoms with Crippen LogP contribution in [-0.4, -0.2) is 50.0 Å². The molecule has 0 aromatic heterocycles. The maximum Gasteiger partial charge on any atom is 0.352 e. The van der Waals surface area contributed by atoms with Crippen LogP contribution in [0.1, 0.15) is 6.92 Å². The van der Waals surface area contributed by atoms with Gasteiger partial charge in [-0.2, -0.15) is 0 Å². The van der Waals surface area contributed by atoms with E-state index in [4.69, 9.17) is 5.11 Å². The molecule has 2 aliphatic rings. The number of nitrogens with one attached hydrogen (secondary N) is 1. The summed E-state index contributed by atoms with van der Waals surface area (Å²) < 4.78 is 11.8. The van der Waals surface area contributed by atoms with Crippen molar-refractivity contribution in [1.29, 1.82) is 0 Å². The van der Waals surface area contributed by atoms with Crippen LogP contribution in [0.15, 0.2) is 11.3 Å². The van der Waals surface area contributed by atoms with Crippen LogP contribution in [0.2, 0.25) is 0 Å². The van der Waals surface area contributed by atoms with Gasteiger partial charge in [0.15, 0.2) is 6.04 Å². The van der Waals surface area contributed by atoms with E-state index in [1.807, 2.05) is 0 Å². The molecule has 1 unspecified atom stereocenters. The quantitative estimate of drug-likeness (QED) is 0.359. The maximum absolute atomic E-state index is 11.8. The monoisotopic (exact) mass is 258 g/mol. The summed E-state index contributed by atoms with van der Waals surface area (Å²) in [7, 11) is 0. The highest BCUT2D eigenvalue weighted by Crippen LogP contribution is 2.36. The molecule has 0 aromatic rings. The fraction of sp³-hybridized carbons (Fsp3) is 0.444. The zero-order valence-electron chi connectivity index (χ0n) is 8.87. The Morgan fingerprint density at radius 2 is 2.35 bits per heavy atom. The second kappa shape index (κ2) is 4.04. The Hall–Kier alpha value is -1.54. The number of carbonyl (C=O) groups is 3. The van der Waals surface area contributed by atoms with Crippen molar-refractivity contribution in [3.05, 3.63) is 11.3 Å². The lowest BCUT2D eigenvalue weighted by molar-refractivity contribution is -0.150. The molecule has 7 nitrogen and oxygen atoms in total. The number of hydrogen-bond donors (Lipinski definition) is 2. The van der Waals surface area contributed by atoms with Crippen molar-refractivity contribution < 1.29 is 24.0 Å². The number of amides is 2. The Kier molecular flexibility index (Phi) is 2.84. The van der Waals surface area contributed by atoms with Gasteiger partial charge in [-0.05, 0) is 18.1 Å². The molecular formula is C9H10N2O5S. The average Bonchev–Trinajstić information content (AvgIpc) is 2.25. The van der Waals surface area contributed by atoms with E-state index in [1.165, 1.54) is 6.92 Å². The molecule has 0 radical (unpaired) electrons. The third-order valence-electron chi connectivity index (χ3n) is 2.77. The maximum atomic E-state index is 11.8. The molecule has 0 aromatic carbocycles.